The molecule has 0 spiro atoms. The van der Waals surface area contributed by atoms with Crippen LogP contribution in [0.25, 0.3) is 216 Å². The first-order valence-corrected chi connectivity index (χ1v) is 45.2. The van der Waals surface area contributed by atoms with Gasteiger partial charge in [-0.2, -0.15) is 132 Å². The van der Waals surface area contributed by atoms with Crippen molar-refractivity contribution in [2.75, 3.05) is 13.2 Å². The fraction of sp³-hybridized carbons (Fsp3) is 0.164. The van der Waals surface area contributed by atoms with E-state index in [-0.39, 0.29) is 187 Å². The summed E-state index contributed by atoms with van der Waals surface area (Å²) in [5, 5.41) is -0.666. The normalized spacial score (nSPS) is 13.6. The monoisotopic (exact) mass is 2050 g/mol. The van der Waals surface area contributed by atoms with E-state index in [1.807, 2.05) is 0 Å². The number of halogens is 30. The number of hydrogen-bond acceptors (Lipinski definition) is 2. The lowest BCUT2D eigenvalue weighted by molar-refractivity contribution is -0.138. The van der Waals surface area contributed by atoms with Crippen molar-refractivity contribution in [2.45, 2.75) is 101 Å². The van der Waals surface area contributed by atoms with Gasteiger partial charge in [0.1, 0.15) is 11.5 Å². The number of nitrogens with zero attached hydrogens (tertiary/aromatic N) is 5. The third-order valence-corrected chi connectivity index (χ3v) is 27.7. The number of ether oxygens (including phenoxy) is 2. The molecule has 0 radical (unpaired) electrons. The molecular weight excluding hydrogens is 1990 g/mol. The molecule has 37 heteroatoms. The summed E-state index contributed by atoms with van der Waals surface area (Å²) in [6.07, 6.45) is -51.3. The molecule has 23 rings (SSSR count). The van der Waals surface area contributed by atoms with Crippen molar-refractivity contribution < 1.29 is 141 Å². The second-order valence-electron chi connectivity index (χ2n) is 36.2. The van der Waals surface area contributed by atoms with E-state index in [2.05, 4.69) is 0 Å². The highest BCUT2D eigenvalue weighted by molar-refractivity contribution is 6.45. The number of fused-ring (bicyclic) bond motifs is 6. The second kappa shape index (κ2) is 32.0. The number of alkyl halides is 30. The molecule has 0 saturated heterocycles. The molecule has 11 heterocycles. The Balaban J connectivity index is 1.15. The molecule has 0 N–H and O–H groups in total. The lowest BCUT2D eigenvalue weighted by Gasteiger charge is -2.28. The first kappa shape index (κ1) is 95.1. The van der Waals surface area contributed by atoms with Gasteiger partial charge in [-0.3, -0.25) is 0 Å². The van der Waals surface area contributed by atoms with E-state index in [1.165, 1.54) is 28.1 Å². The van der Waals surface area contributed by atoms with Crippen molar-refractivity contribution in [3.63, 3.8) is 0 Å². The summed E-state index contributed by atoms with van der Waals surface area (Å²) in [4.78, 5) is 0. The zero-order chi connectivity index (χ0) is 104. The van der Waals surface area contributed by atoms with Crippen molar-refractivity contribution in [1.82, 2.24) is 22.0 Å². The molecule has 0 fully saturated rings. The quantitative estimate of drug-likeness (QED) is 0.0372. The molecule has 11 aromatic heterocycles. The molecule has 7 nitrogen and oxygen atoms in total. The average Bonchev–Trinajstić information content (AvgIpc) is 1.45. The van der Waals surface area contributed by atoms with E-state index in [0.717, 1.165) is 121 Å². The van der Waals surface area contributed by atoms with E-state index in [0.29, 0.717) is 134 Å². The largest absolute Gasteiger partial charge is 0.493 e. The van der Waals surface area contributed by atoms with E-state index in [1.54, 1.807) is 13.8 Å². The Hall–Kier alpha value is -15.5. The van der Waals surface area contributed by atoms with Gasteiger partial charge in [0, 0.05) is 72.5 Å². The molecule has 746 valence electrons. The molecule has 0 amide bonds. The Bertz CT molecular complexity index is 8600. The molecule has 12 aromatic carbocycles. The standard InChI is InChI=1S/C110H59F30N5O2/c1-3-5-47-146-70-49-71(147-48-6-4-2)83-84-82(70)86-72(50-7-27-60(28-8-50)101(111,112)113)74(52-11-31-62(32-12-52)103(117,118)119)88-90-76(54-15-35-64(36-16-54)105(123,124)125)78(56-19-39-66(40-20-56)107(129,130)131)92-94-80(58-23-43-68(44-24-58)109(135,136)137)81(59-25-45-69(46-26-59)110(138,139)140)95-93-79(57-21-41-67(42-22-57)108(132,133)134)77(55-17-37-65(38-18-55)106(126,127)128)91-89-75(53-13-33-63(34-14-53)104(120,121)122)73(51-9-29-61(30-10-51)102(114,115)116)87(83)142(89)97-85(84)96(141(86)88)98(143(90)92)100(145(94)95)99(97)144(91)93/h7-46,49H,3-6,47-48H2,1-2H3. The van der Waals surface area contributed by atoms with Crippen LogP contribution in [0.15, 0.2) is 249 Å². The maximum atomic E-state index is 15.7. The van der Waals surface area contributed by atoms with Crippen LogP contribution >= 0.6 is 0 Å². The van der Waals surface area contributed by atoms with E-state index >= 15 is 132 Å². The summed E-state index contributed by atoms with van der Waals surface area (Å²) >= 11 is 0. The highest BCUT2D eigenvalue weighted by Crippen LogP contribution is 2.67. The minimum Gasteiger partial charge on any atom is -0.493 e. The van der Waals surface area contributed by atoms with Crippen LogP contribution in [-0.2, 0) is 61.8 Å². The number of aromatic nitrogens is 5. The van der Waals surface area contributed by atoms with Gasteiger partial charge in [-0.25, -0.2) is 0 Å². The average molecular weight is 2050 g/mol. The summed E-state index contributed by atoms with van der Waals surface area (Å²) in [5.41, 5.74) is -25.9. The van der Waals surface area contributed by atoms with Crippen molar-refractivity contribution in [1.29, 1.82) is 0 Å². The summed E-state index contributed by atoms with van der Waals surface area (Å²) in [6.45, 7) is 2.92. The van der Waals surface area contributed by atoms with Gasteiger partial charge in [0.25, 0.3) is 0 Å². The predicted molar refractivity (Wildman–Crippen MR) is 496 cm³/mol. The summed E-state index contributed by atoms with van der Waals surface area (Å²) in [6, 6.07) is 32.2. The van der Waals surface area contributed by atoms with Gasteiger partial charge in [0.15, 0.2) is 0 Å². The summed E-state index contributed by atoms with van der Waals surface area (Å²) in [7, 11) is 0. The molecule has 0 saturated carbocycles. The Morgan fingerprint density at radius 1 is 0.163 bits per heavy atom. The van der Waals surface area contributed by atoms with Crippen LogP contribution < -0.4 is 9.47 Å². The molecule has 0 unspecified atom stereocenters. The molecule has 0 atom stereocenters. The summed E-state index contributed by atoms with van der Waals surface area (Å²) < 4.78 is 493. The smallest absolute Gasteiger partial charge is 0.416 e. The zero-order valence-corrected chi connectivity index (χ0v) is 74.8. The number of unbranched alkanes of at least 4 members (excludes halogenated alkanes) is 2. The number of rotatable bonds is 18. The lowest BCUT2D eigenvalue weighted by atomic mass is 9.89. The van der Waals surface area contributed by atoms with Crippen LogP contribution in [0, 0.1) is 0 Å². The molecule has 0 bridgehead atoms. The van der Waals surface area contributed by atoms with Crippen LogP contribution in [0.5, 0.6) is 11.5 Å². The van der Waals surface area contributed by atoms with Gasteiger partial charge in [-0.05, 0) is 190 Å². The highest BCUT2D eigenvalue weighted by Gasteiger charge is 2.48. The van der Waals surface area contributed by atoms with Crippen LogP contribution in [-0.4, -0.2) is 35.2 Å². The third-order valence-electron chi connectivity index (χ3n) is 27.7. The maximum Gasteiger partial charge on any atom is 0.416 e. The third kappa shape index (κ3) is 14.4. The van der Waals surface area contributed by atoms with E-state index in [4.69, 9.17) is 9.47 Å². The fourth-order valence-corrected chi connectivity index (χ4v) is 21.5. The minimum atomic E-state index is -5.26. The predicted octanol–water partition coefficient (Wildman–Crippen LogP) is 36.9. The van der Waals surface area contributed by atoms with Crippen LogP contribution in [0.3, 0.4) is 0 Å². The van der Waals surface area contributed by atoms with Crippen LogP contribution in [0.2, 0.25) is 0 Å². The topological polar surface area (TPSA) is 40.5 Å². The van der Waals surface area contributed by atoms with Gasteiger partial charge < -0.3 is 31.5 Å². The van der Waals surface area contributed by atoms with Gasteiger partial charge in [-0.15, -0.1) is 0 Å². The molecular formula is C110H59F30N5O2. The molecule has 0 aliphatic carbocycles. The maximum absolute atomic E-state index is 15.7. The van der Waals surface area contributed by atoms with Gasteiger partial charge in [-0.1, -0.05) is 148 Å². The number of benzene rings is 12. The Morgan fingerprint density at radius 2 is 0.299 bits per heavy atom. The van der Waals surface area contributed by atoms with Crippen LogP contribution in [0.4, 0.5) is 132 Å². The Morgan fingerprint density at radius 3 is 0.442 bits per heavy atom. The van der Waals surface area contributed by atoms with Gasteiger partial charge in [0.05, 0.1) is 162 Å². The van der Waals surface area contributed by atoms with Crippen molar-refractivity contribution in [3.05, 3.63) is 304 Å². The summed E-state index contributed by atoms with van der Waals surface area (Å²) in [5.74, 6) is -0.492. The number of pyridine rings is 2. The van der Waals surface area contributed by atoms with Gasteiger partial charge >= 0.3 is 61.8 Å². The Labute approximate surface area is 805 Å². The second-order valence-corrected chi connectivity index (χ2v) is 36.2. The van der Waals surface area contributed by atoms with E-state index < -0.39 is 184 Å². The SMILES string of the molecule is CCCCOc1cc(OCCCC)c2c3c1c1c(-c4ccc(C(F)(F)F)cc4)c(-c4ccc(C(F)(F)F)cc4)c4c5c(-c6ccc(C(F)(F)F)cc6)c(-c6ccc(C(F)(F)F)cc6)c6c7c(-c8ccc(C(F)(F)F)cc8)c(-c8ccc(C(F)(F)F)cc8)c8c9c(-c%10ccc(C(F)(F)F)cc%10)c(-c%10ccc(C(F)(F)F)cc%10)c%10c%11c(-c%12ccc(C(F)(F)F)cc%12)c(-c%12ccc(C(F)(F)F)cc%12)c2n%11c2c3c(c(c(c2n%109)n78)n56)n14. The lowest BCUT2D eigenvalue weighted by Crippen LogP contribution is -2.13. The van der Waals surface area contributed by atoms with Crippen LogP contribution in [0.1, 0.15) is 95.2 Å². The Kier molecular flexibility index (Phi) is 20.7. The number of hydrogen-bond donors (Lipinski definition) is 0. The van der Waals surface area contributed by atoms with Crippen molar-refractivity contribution in [3.8, 4) is 123 Å². The van der Waals surface area contributed by atoms with Gasteiger partial charge in [0.2, 0.25) is 0 Å². The molecule has 147 heavy (non-hydrogen) atoms. The highest BCUT2D eigenvalue weighted by atomic mass is 19.4. The van der Waals surface area contributed by atoms with Crippen molar-refractivity contribution >= 4 is 104 Å². The molecule has 0 aliphatic rings. The first-order valence-electron chi connectivity index (χ1n) is 45.2. The molecule has 0 aliphatic heterocycles. The first-order chi connectivity index (χ1) is 69.3. The van der Waals surface area contributed by atoms with Crippen molar-refractivity contribution in [2.24, 2.45) is 0 Å². The zero-order valence-electron chi connectivity index (χ0n) is 74.8. The molecule has 23 aromatic rings. The fourth-order valence-electron chi connectivity index (χ4n) is 21.5. The minimum absolute atomic E-state index is 0.141. The van der Waals surface area contributed by atoms with E-state index in [9.17, 15) is 0 Å².